The van der Waals surface area contributed by atoms with Crippen molar-refractivity contribution >= 4 is 11.0 Å². The third-order valence-corrected chi connectivity index (χ3v) is 3.92. The van der Waals surface area contributed by atoms with E-state index in [1.807, 2.05) is 0 Å². The van der Waals surface area contributed by atoms with E-state index in [1.54, 1.807) is 0 Å². The molecule has 1 saturated heterocycles. The predicted octanol–water partition coefficient (Wildman–Crippen LogP) is -1.62. The molecule has 0 bridgehead atoms. The smallest absolute Gasteiger partial charge is 0.336 e. The van der Waals surface area contributed by atoms with Gasteiger partial charge in [0.25, 0.3) is 0 Å². The lowest BCUT2D eigenvalue weighted by atomic mass is 9.99. The number of aromatic hydroxyl groups is 2. The van der Waals surface area contributed by atoms with Crippen LogP contribution < -0.4 is 10.4 Å². The lowest BCUT2D eigenvalue weighted by molar-refractivity contribution is -0.277. The average Bonchev–Trinajstić information content (AvgIpc) is 2.59. The first-order chi connectivity index (χ1) is 11.8. The fraction of sp³-hybridized carbons (Fsp3) is 0.400. The summed E-state index contributed by atoms with van der Waals surface area (Å²) in [7, 11) is 0. The molecule has 0 radical (unpaired) electrons. The van der Waals surface area contributed by atoms with Gasteiger partial charge in [-0.2, -0.15) is 0 Å². The summed E-state index contributed by atoms with van der Waals surface area (Å²) in [5, 5.41) is 58.3. The van der Waals surface area contributed by atoms with E-state index < -0.39 is 54.4 Å². The maximum Gasteiger partial charge on any atom is 0.336 e. The Morgan fingerprint density at radius 2 is 1.80 bits per heavy atom. The van der Waals surface area contributed by atoms with Crippen molar-refractivity contribution in [2.45, 2.75) is 30.7 Å². The molecular formula is C15H16O10. The van der Waals surface area contributed by atoms with E-state index >= 15 is 0 Å². The van der Waals surface area contributed by atoms with E-state index in [0.29, 0.717) is 0 Å². The van der Waals surface area contributed by atoms with Gasteiger partial charge in [0, 0.05) is 12.1 Å². The van der Waals surface area contributed by atoms with Crippen LogP contribution in [-0.2, 0) is 4.74 Å². The van der Waals surface area contributed by atoms with Crippen molar-refractivity contribution < 1.29 is 44.5 Å². The SMILES string of the molecule is O=c1ccc2c(O[C@@H]3O[C@H](CO)[C@@H](O)[C@H](O)[C@H]3O)cc(O)c(O)c2o1. The highest BCUT2D eigenvalue weighted by Gasteiger charge is 2.44. The molecule has 6 N–H and O–H groups in total. The van der Waals surface area contributed by atoms with Crippen molar-refractivity contribution in [2.24, 2.45) is 0 Å². The molecule has 0 amide bonds. The van der Waals surface area contributed by atoms with Gasteiger partial charge in [-0.05, 0) is 6.07 Å². The molecule has 1 aliphatic heterocycles. The first-order valence-electron chi connectivity index (χ1n) is 7.29. The van der Waals surface area contributed by atoms with Gasteiger partial charge in [-0.15, -0.1) is 0 Å². The Kier molecular flexibility index (Phi) is 4.54. The Labute approximate surface area is 139 Å². The molecule has 1 aliphatic rings. The van der Waals surface area contributed by atoms with E-state index in [-0.39, 0.29) is 16.7 Å². The minimum Gasteiger partial charge on any atom is -0.504 e. The van der Waals surface area contributed by atoms with Crippen molar-refractivity contribution in [1.82, 2.24) is 0 Å². The molecule has 5 atom stereocenters. The van der Waals surface area contributed by atoms with E-state index in [4.69, 9.17) is 13.9 Å². The summed E-state index contributed by atoms with van der Waals surface area (Å²) >= 11 is 0. The van der Waals surface area contributed by atoms with Crippen molar-refractivity contribution in [3.05, 3.63) is 28.6 Å². The topological polar surface area (TPSA) is 170 Å². The number of phenols is 2. The molecule has 0 aliphatic carbocycles. The molecule has 0 spiro atoms. The van der Waals surface area contributed by atoms with Crippen LogP contribution in [0.2, 0.25) is 0 Å². The second-order valence-corrected chi connectivity index (χ2v) is 5.55. The molecule has 25 heavy (non-hydrogen) atoms. The highest BCUT2D eigenvalue weighted by atomic mass is 16.7. The molecule has 10 heteroatoms. The first kappa shape index (κ1) is 17.5. The van der Waals surface area contributed by atoms with Crippen molar-refractivity contribution in [3.63, 3.8) is 0 Å². The molecule has 2 heterocycles. The zero-order chi connectivity index (χ0) is 18.3. The van der Waals surface area contributed by atoms with Gasteiger partial charge in [0.2, 0.25) is 12.0 Å². The Morgan fingerprint density at radius 3 is 2.48 bits per heavy atom. The van der Waals surface area contributed by atoms with Gasteiger partial charge in [-0.3, -0.25) is 0 Å². The first-order valence-corrected chi connectivity index (χ1v) is 7.29. The van der Waals surface area contributed by atoms with E-state index in [1.165, 1.54) is 6.07 Å². The van der Waals surface area contributed by atoms with Gasteiger partial charge in [0.05, 0.1) is 12.0 Å². The number of aliphatic hydroxyl groups is 4. The second-order valence-electron chi connectivity index (χ2n) is 5.55. The van der Waals surface area contributed by atoms with Crippen LogP contribution in [0.5, 0.6) is 17.2 Å². The minimum atomic E-state index is -1.67. The summed E-state index contributed by atoms with van der Waals surface area (Å²) in [6, 6.07) is 3.32. The maximum atomic E-state index is 11.3. The van der Waals surface area contributed by atoms with Crippen LogP contribution in [-0.4, -0.2) is 68.0 Å². The number of phenolic OH excluding ortho intramolecular Hbond substituents is 2. The van der Waals surface area contributed by atoms with E-state index in [2.05, 4.69) is 0 Å². The van der Waals surface area contributed by atoms with Crippen LogP contribution in [0, 0.1) is 0 Å². The molecule has 1 aromatic carbocycles. The van der Waals surface area contributed by atoms with Gasteiger partial charge >= 0.3 is 5.63 Å². The third kappa shape index (κ3) is 3.01. The summed E-state index contributed by atoms with van der Waals surface area (Å²) in [5.41, 5.74) is -1.11. The molecule has 3 rings (SSSR count). The Hall–Kier alpha value is -2.37. The fourth-order valence-corrected chi connectivity index (χ4v) is 2.56. The standard InChI is InChI=1S/C15H16O10/c16-4-8-11(20)12(21)13(22)15(24-8)23-7-3-6(17)10(19)14-5(7)1-2-9(18)25-14/h1-3,8,11-13,15-17,19-22H,4H2/t8-,11-,12+,13-,15-/m1/s1. The summed E-state index contributed by atoms with van der Waals surface area (Å²) < 4.78 is 15.5. The number of benzene rings is 1. The van der Waals surface area contributed by atoms with Crippen LogP contribution in [0.15, 0.2) is 27.4 Å². The van der Waals surface area contributed by atoms with Crippen LogP contribution in [0.3, 0.4) is 0 Å². The normalized spacial score (nSPS) is 29.7. The number of hydrogen-bond acceptors (Lipinski definition) is 10. The monoisotopic (exact) mass is 356 g/mol. The third-order valence-electron chi connectivity index (χ3n) is 3.92. The van der Waals surface area contributed by atoms with Gasteiger partial charge in [-0.25, -0.2) is 4.79 Å². The molecule has 1 aromatic heterocycles. The molecular weight excluding hydrogens is 340 g/mol. The minimum absolute atomic E-state index is 0.0897. The van der Waals surface area contributed by atoms with E-state index in [9.17, 15) is 35.4 Å². The zero-order valence-corrected chi connectivity index (χ0v) is 12.6. The Balaban J connectivity index is 2.00. The molecule has 2 aromatic rings. The van der Waals surface area contributed by atoms with Crippen molar-refractivity contribution in [1.29, 1.82) is 0 Å². The van der Waals surface area contributed by atoms with Crippen molar-refractivity contribution in [2.75, 3.05) is 6.61 Å². The Morgan fingerprint density at radius 1 is 1.08 bits per heavy atom. The second kappa shape index (κ2) is 6.50. The average molecular weight is 356 g/mol. The van der Waals surface area contributed by atoms with Crippen LogP contribution in [0.1, 0.15) is 0 Å². The number of ether oxygens (including phenoxy) is 2. The number of hydrogen-bond donors (Lipinski definition) is 6. The van der Waals surface area contributed by atoms with Crippen molar-refractivity contribution in [3.8, 4) is 17.2 Å². The lowest BCUT2D eigenvalue weighted by Gasteiger charge is -2.39. The van der Waals surface area contributed by atoms with Gasteiger partial charge < -0.3 is 44.5 Å². The largest absolute Gasteiger partial charge is 0.504 e. The van der Waals surface area contributed by atoms with Crippen LogP contribution >= 0.6 is 0 Å². The highest BCUT2D eigenvalue weighted by molar-refractivity contribution is 5.90. The highest BCUT2D eigenvalue weighted by Crippen LogP contribution is 2.40. The zero-order valence-electron chi connectivity index (χ0n) is 12.6. The number of aliphatic hydroxyl groups excluding tert-OH is 4. The molecule has 0 unspecified atom stereocenters. The van der Waals surface area contributed by atoms with Crippen LogP contribution in [0.25, 0.3) is 11.0 Å². The number of fused-ring (bicyclic) bond motifs is 1. The quantitative estimate of drug-likeness (QED) is 0.277. The maximum absolute atomic E-state index is 11.3. The van der Waals surface area contributed by atoms with Crippen LogP contribution in [0.4, 0.5) is 0 Å². The van der Waals surface area contributed by atoms with E-state index in [0.717, 1.165) is 12.1 Å². The van der Waals surface area contributed by atoms with Gasteiger partial charge in [0.1, 0.15) is 30.2 Å². The fourth-order valence-electron chi connectivity index (χ4n) is 2.56. The van der Waals surface area contributed by atoms with Gasteiger partial charge in [0.15, 0.2) is 11.3 Å². The summed E-state index contributed by atoms with van der Waals surface area (Å²) in [6.07, 6.45) is -7.55. The summed E-state index contributed by atoms with van der Waals surface area (Å²) in [4.78, 5) is 11.3. The molecule has 0 saturated carbocycles. The number of rotatable bonds is 3. The molecule has 136 valence electrons. The van der Waals surface area contributed by atoms with Gasteiger partial charge in [-0.1, -0.05) is 0 Å². The molecule has 1 fully saturated rings. The summed E-state index contributed by atoms with van der Waals surface area (Å²) in [5.74, 6) is -1.45. The lowest BCUT2D eigenvalue weighted by Crippen LogP contribution is -2.60. The predicted molar refractivity (Wildman–Crippen MR) is 80.2 cm³/mol. The molecule has 10 nitrogen and oxygen atoms in total. The summed E-state index contributed by atoms with van der Waals surface area (Å²) in [6.45, 7) is -0.638. The Bertz CT molecular complexity index is 829.